The number of nitrogens with zero attached hydrogens (tertiary/aromatic N) is 1. The highest BCUT2D eigenvalue weighted by Gasteiger charge is 2.28. The number of carbonyl (C=O) groups excluding carboxylic acids is 1. The summed E-state index contributed by atoms with van der Waals surface area (Å²) < 4.78 is 5.09. The van der Waals surface area contributed by atoms with Crippen LogP contribution in [0.15, 0.2) is 29.1 Å². The molecule has 1 aliphatic rings. The zero-order valence-corrected chi connectivity index (χ0v) is 13.3. The lowest BCUT2D eigenvalue weighted by molar-refractivity contribution is -0.920. The Morgan fingerprint density at radius 3 is 2.83 bits per heavy atom. The Morgan fingerprint density at radius 2 is 2.09 bits per heavy atom. The van der Waals surface area contributed by atoms with Gasteiger partial charge >= 0.3 is 5.97 Å². The van der Waals surface area contributed by atoms with Crippen molar-refractivity contribution in [2.45, 2.75) is 26.3 Å². The molecule has 1 aromatic heterocycles. The van der Waals surface area contributed by atoms with Crippen LogP contribution in [0.5, 0.6) is 0 Å². The first-order chi connectivity index (χ1) is 11.2. The Balaban J connectivity index is 1.65. The van der Waals surface area contributed by atoms with Crippen molar-refractivity contribution < 1.29 is 14.4 Å². The molecule has 0 spiro atoms. The molecule has 0 aliphatic carbocycles. The van der Waals surface area contributed by atoms with E-state index < -0.39 is 0 Å². The Kier molecular flexibility index (Phi) is 4.71. The minimum atomic E-state index is -0.0913. The molecule has 122 valence electrons. The highest BCUT2D eigenvalue weighted by molar-refractivity contribution is 5.77. The first-order valence-corrected chi connectivity index (χ1v) is 8.15. The number of fused-ring (bicyclic) bond motifs is 1. The molecule has 0 bridgehead atoms. The van der Waals surface area contributed by atoms with E-state index in [2.05, 4.69) is 9.97 Å². The molecular weight excluding hydrogens is 294 g/mol. The Labute approximate surface area is 134 Å². The monoisotopic (exact) mass is 316 g/mol. The van der Waals surface area contributed by atoms with Crippen molar-refractivity contribution in [3.8, 4) is 0 Å². The van der Waals surface area contributed by atoms with Crippen molar-refractivity contribution in [2.75, 3.05) is 19.7 Å². The summed E-state index contributed by atoms with van der Waals surface area (Å²) in [5, 5.41) is 0.618. The molecule has 1 fully saturated rings. The van der Waals surface area contributed by atoms with E-state index in [-0.39, 0.29) is 17.4 Å². The topological polar surface area (TPSA) is 76.5 Å². The number of carbonyl (C=O) groups is 1. The van der Waals surface area contributed by atoms with Gasteiger partial charge < -0.3 is 14.6 Å². The van der Waals surface area contributed by atoms with Crippen LogP contribution in [0, 0.1) is 5.92 Å². The van der Waals surface area contributed by atoms with E-state index in [0.29, 0.717) is 24.4 Å². The first kappa shape index (κ1) is 15.7. The second-order valence-electron chi connectivity index (χ2n) is 5.98. The van der Waals surface area contributed by atoms with Crippen LogP contribution in [0.2, 0.25) is 0 Å². The third kappa shape index (κ3) is 3.59. The third-order valence-corrected chi connectivity index (χ3v) is 4.39. The highest BCUT2D eigenvalue weighted by Crippen LogP contribution is 2.12. The largest absolute Gasteiger partial charge is 0.466 e. The van der Waals surface area contributed by atoms with Crippen molar-refractivity contribution in [1.82, 2.24) is 9.97 Å². The summed E-state index contributed by atoms with van der Waals surface area (Å²) in [6.45, 7) is 4.73. The normalized spacial score (nSPS) is 21.3. The van der Waals surface area contributed by atoms with E-state index in [9.17, 15) is 9.59 Å². The summed E-state index contributed by atoms with van der Waals surface area (Å²) in [7, 11) is 0. The van der Waals surface area contributed by atoms with Crippen LogP contribution in [-0.2, 0) is 16.1 Å². The maximum Gasteiger partial charge on any atom is 0.309 e. The Bertz CT molecular complexity index is 748. The smallest absolute Gasteiger partial charge is 0.309 e. The van der Waals surface area contributed by atoms with Crippen LogP contribution in [0.1, 0.15) is 25.6 Å². The number of hydrogen-bond donors (Lipinski definition) is 2. The molecule has 0 amide bonds. The van der Waals surface area contributed by atoms with Crippen molar-refractivity contribution in [3.63, 3.8) is 0 Å². The molecule has 6 heteroatoms. The summed E-state index contributed by atoms with van der Waals surface area (Å²) in [5.41, 5.74) is 0.637. The van der Waals surface area contributed by atoms with E-state index >= 15 is 0 Å². The second-order valence-corrected chi connectivity index (χ2v) is 5.98. The van der Waals surface area contributed by atoms with Gasteiger partial charge in [0.2, 0.25) is 0 Å². The van der Waals surface area contributed by atoms with Crippen LogP contribution >= 0.6 is 0 Å². The number of likely N-dealkylation sites (tertiary alicyclic amines) is 1. The van der Waals surface area contributed by atoms with Gasteiger partial charge in [0, 0.05) is 12.8 Å². The average Bonchev–Trinajstić information content (AvgIpc) is 2.56. The molecule has 3 rings (SSSR count). The van der Waals surface area contributed by atoms with Gasteiger partial charge in [-0.2, -0.15) is 0 Å². The van der Waals surface area contributed by atoms with Gasteiger partial charge in [0.05, 0.1) is 36.5 Å². The summed E-state index contributed by atoms with van der Waals surface area (Å²) in [6, 6.07) is 7.36. The summed E-state index contributed by atoms with van der Waals surface area (Å²) in [5.74, 6) is 0.643. The maximum atomic E-state index is 12.1. The third-order valence-electron chi connectivity index (χ3n) is 4.39. The lowest BCUT2D eigenvalue weighted by Gasteiger charge is -2.27. The number of piperidine rings is 1. The Hall–Kier alpha value is -2.21. The summed E-state index contributed by atoms with van der Waals surface area (Å²) in [4.78, 5) is 32.6. The molecule has 23 heavy (non-hydrogen) atoms. The fraction of sp³-hybridized carbons (Fsp3) is 0.471. The zero-order chi connectivity index (χ0) is 16.2. The molecule has 2 aromatic rings. The van der Waals surface area contributed by atoms with Gasteiger partial charge in [-0.05, 0) is 19.1 Å². The average molecular weight is 316 g/mol. The van der Waals surface area contributed by atoms with E-state index in [4.69, 9.17) is 4.74 Å². The van der Waals surface area contributed by atoms with Gasteiger partial charge in [0.15, 0.2) is 5.82 Å². The minimum Gasteiger partial charge on any atom is -0.466 e. The van der Waals surface area contributed by atoms with Gasteiger partial charge in [0.1, 0.15) is 6.54 Å². The SMILES string of the molecule is CCOC(=O)C1CC[NH+](Cc2nc3ccccc3c(=O)[nH]2)CC1. The van der Waals surface area contributed by atoms with Gasteiger partial charge in [-0.3, -0.25) is 9.59 Å². The lowest BCUT2D eigenvalue weighted by atomic mass is 9.97. The van der Waals surface area contributed by atoms with Gasteiger partial charge in [0.25, 0.3) is 5.56 Å². The van der Waals surface area contributed by atoms with Crippen molar-refractivity contribution >= 4 is 16.9 Å². The van der Waals surface area contributed by atoms with Gasteiger partial charge in [-0.1, -0.05) is 12.1 Å². The molecule has 2 N–H and O–H groups in total. The fourth-order valence-corrected chi connectivity index (χ4v) is 3.15. The predicted octanol–water partition coefficient (Wildman–Crippen LogP) is 0.281. The number of nitrogens with one attached hydrogen (secondary N) is 2. The quantitative estimate of drug-likeness (QED) is 0.795. The number of aromatic nitrogens is 2. The molecule has 6 nitrogen and oxygen atoms in total. The number of para-hydroxylation sites is 1. The van der Waals surface area contributed by atoms with Crippen molar-refractivity contribution in [2.24, 2.45) is 5.92 Å². The number of ether oxygens (including phenoxy) is 1. The van der Waals surface area contributed by atoms with Crippen molar-refractivity contribution in [3.05, 3.63) is 40.4 Å². The van der Waals surface area contributed by atoms with Crippen LogP contribution in [0.4, 0.5) is 0 Å². The molecule has 0 unspecified atom stereocenters. The van der Waals surface area contributed by atoms with Gasteiger partial charge in [-0.15, -0.1) is 0 Å². The molecule has 2 heterocycles. The highest BCUT2D eigenvalue weighted by atomic mass is 16.5. The number of esters is 1. The van der Waals surface area contributed by atoms with Crippen molar-refractivity contribution in [1.29, 1.82) is 0 Å². The number of benzene rings is 1. The van der Waals surface area contributed by atoms with Crippen LogP contribution in [-0.4, -0.2) is 35.6 Å². The molecule has 1 aromatic carbocycles. The van der Waals surface area contributed by atoms with Crippen LogP contribution in [0.3, 0.4) is 0 Å². The minimum absolute atomic E-state index is 0.0160. The number of quaternary nitrogens is 1. The Morgan fingerprint density at radius 1 is 1.35 bits per heavy atom. The number of hydrogen-bond acceptors (Lipinski definition) is 4. The molecular formula is C17H22N3O3+. The molecule has 1 saturated heterocycles. The maximum absolute atomic E-state index is 12.1. The number of aromatic amines is 1. The van der Waals surface area contributed by atoms with E-state index in [1.807, 2.05) is 25.1 Å². The van der Waals surface area contributed by atoms with E-state index in [1.54, 1.807) is 6.07 Å². The number of H-pyrrole nitrogens is 1. The first-order valence-electron chi connectivity index (χ1n) is 8.15. The van der Waals surface area contributed by atoms with E-state index in [0.717, 1.165) is 31.4 Å². The van der Waals surface area contributed by atoms with E-state index in [1.165, 1.54) is 4.90 Å². The molecule has 0 saturated carbocycles. The van der Waals surface area contributed by atoms with Crippen LogP contribution in [0.25, 0.3) is 10.9 Å². The lowest BCUT2D eigenvalue weighted by Crippen LogP contribution is -3.12. The summed E-state index contributed by atoms with van der Waals surface area (Å²) >= 11 is 0. The molecule has 0 atom stereocenters. The standard InChI is InChI=1S/C17H21N3O3/c1-2-23-17(22)12-7-9-20(10-8-12)11-15-18-14-6-4-3-5-13(14)16(21)19-15/h3-6,12H,2,7-11H2,1H3,(H,18,19,21)/p+1. The summed E-state index contributed by atoms with van der Waals surface area (Å²) in [6.07, 6.45) is 1.65. The molecule has 1 aliphatic heterocycles. The second kappa shape index (κ2) is 6.91. The number of rotatable bonds is 4. The molecule has 0 radical (unpaired) electrons. The van der Waals surface area contributed by atoms with Gasteiger partial charge in [-0.25, -0.2) is 4.98 Å². The zero-order valence-electron chi connectivity index (χ0n) is 13.3. The fourth-order valence-electron chi connectivity index (χ4n) is 3.15. The predicted molar refractivity (Wildman–Crippen MR) is 86.1 cm³/mol. The van der Waals surface area contributed by atoms with Crippen LogP contribution < -0.4 is 10.5 Å².